The Hall–Kier alpha value is -4.77. The van der Waals surface area contributed by atoms with Gasteiger partial charge in [0.15, 0.2) is 5.65 Å². The highest BCUT2D eigenvalue weighted by molar-refractivity contribution is 6.31. The Morgan fingerprint density at radius 2 is 1.82 bits per heavy atom. The number of nitrogens with zero attached hydrogens (tertiary/aromatic N) is 3. The highest BCUT2D eigenvalue weighted by Gasteiger charge is 2.35. The predicted octanol–water partition coefficient (Wildman–Crippen LogP) is 6.35. The van der Waals surface area contributed by atoms with Crippen molar-refractivity contribution in [1.29, 1.82) is 0 Å². The lowest BCUT2D eigenvalue weighted by molar-refractivity contribution is 0.0959. The van der Waals surface area contributed by atoms with Gasteiger partial charge in [-0.15, -0.1) is 0 Å². The summed E-state index contributed by atoms with van der Waals surface area (Å²) in [5.74, 6) is -3.00. The number of nitrogens with one attached hydrogen (secondary N) is 2. The molecule has 0 saturated heterocycles. The maximum absolute atomic E-state index is 14.2. The van der Waals surface area contributed by atoms with Gasteiger partial charge in [-0.2, -0.15) is 5.10 Å². The third-order valence-corrected chi connectivity index (χ3v) is 6.89. The van der Waals surface area contributed by atoms with Crippen molar-refractivity contribution in [3.8, 4) is 11.1 Å². The van der Waals surface area contributed by atoms with E-state index in [1.807, 2.05) is 0 Å². The number of carbonyl (C=O) groups is 2. The number of pyridine rings is 1. The molecule has 0 radical (unpaired) electrons. The maximum atomic E-state index is 14.2. The minimum atomic E-state index is -3.00. The molecule has 0 unspecified atom stereocenters. The van der Waals surface area contributed by atoms with Crippen molar-refractivity contribution in [2.45, 2.75) is 12.5 Å². The van der Waals surface area contributed by atoms with Gasteiger partial charge in [-0.1, -0.05) is 11.6 Å². The second-order valence-corrected chi connectivity index (χ2v) is 9.47. The molecule has 0 aliphatic carbocycles. The van der Waals surface area contributed by atoms with E-state index in [9.17, 15) is 27.2 Å². The number of alkyl halides is 2. The van der Waals surface area contributed by atoms with E-state index in [1.165, 1.54) is 29.0 Å². The first-order chi connectivity index (χ1) is 19.2. The number of benzene rings is 3. The van der Waals surface area contributed by atoms with Gasteiger partial charge in [0.05, 0.1) is 6.04 Å². The normalized spacial score (nSPS) is 14.4. The molecule has 12 heteroatoms. The molecule has 1 aliphatic heterocycles. The third kappa shape index (κ3) is 4.54. The van der Waals surface area contributed by atoms with Crippen LogP contribution in [0, 0.1) is 11.6 Å². The lowest BCUT2D eigenvalue weighted by Gasteiger charge is -2.19. The molecule has 2 N–H and O–H groups in total. The molecule has 40 heavy (non-hydrogen) atoms. The zero-order valence-electron chi connectivity index (χ0n) is 20.1. The number of hydrogen-bond donors (Lipinski definition) is 2. The highest BCUT2D eigenvalue weighted by atomic mass is 35.5. The monoisotopic (exact) mass is 565 g/mol. The minimum absolute atomic E-state index is 0.114. The molecule has 7 nitrogen and oxygen atoms in total. The van der Waals surface area contributed by atoms with E-state index in [0.717, 1.165) is 12.1 Å². The molecular weight excluding hydrogens is 550 g/mol. The maximum Gasteiger partial charge on any atom is 0.263 e. The van der Waals surface area contributed by atoms with Gasteiger partial charge in [0.1, 0.15) is 18.0 Å². The molecule has 6 rings (SSSR count). The second kappa shape index (κ2) is 9.76. The quantitative estimate of drug-likeness (QED) is 0.243. The van der Waals surface area contributed by atoms with Crippen LogP contribution in [0.15, 0.2) is 73.2 Å². The van der Waals surface area contributed by atoms with Gasteiger partial charge in [-0.25, -0.2) is 27.1 Å². The standard InChI is InChI=1S/C28H16ClF4N5O2/c29-21-3-2-17(30)10-19(21)25-24-20(28(40)37-25)8-14(13-1-4-23-34-12-35-38(23)11-13)9-22(24)36-27(39)16-5-15(26(32)33)6-18(31)7-16/h1-12,25-26H,(H,36,39)(H,37,40)/t25-/m1/s1. The summed E-state index contributed by atoms with van der Waals surface area (Å²) in [6.45, 7) is 0. The number of hydrogen-bond acceptors (Lipinski definition) is 4. The van der Waals surface area contributed by atoms with Crippen LogP contribution in [-0.4, -0.2) is 26.4 Å². The first kappa shape index (κ1) is 25.5. The molecule has 1 aliphatic rings. The van der Waals surface area contributed by atoms with Crippen molar-refractivity contribution < 1.29 is 27.2 Å². The van der Waals surface area contributed by atoms with Gasteiger partial charge in [-0.3, -0.25) is 9.59 Å². The summed E-state index contributed by atoms with van der Waals surface area (Å²) in [5.41, 5.74) is 1.49. The third-order valence-electron chi connectivity index (χ3n) is 6.55. The molecule has 3 heterocycles. The van der Waals surface area contributed by atoms with Gasteiger partial charge in [0.25, 0.3) is 18.2 Å². The van der Waals surface area contributed by atoms with Crippen molar-refractivity contribution in [2.75, 3.05) is 5.32 Å². The average Bonchev–Trinajstić information content (AvgIpc) is 3.53. The van der Waals surface area contributed by atoms with Crippen molar-refractivity contribution in [1.82, 2.24) is 19.9 Å². The number of halogens is 5. The van der Waals surface area contributed by atoms with E-state index in [4.69, 9.17) is 11.6 Å². The molecule has 0 saturated carbocycles. The van der Waals surface area contributed by atoms with Crippen LogP contribution in [0.3, 0.4) is 0 Å². The summed E-state index contributed by atoms with van der Waals surface area (Å²) in [7, 11) is 0. The summed E-state index contributed by atoms with van der Waals surface area (Å²) in [5, 5.41) is 9.68. The van der Waals surface area contributed by atoms with E-state index in [2.05, 4.69) is 20.7 Å². The molecule has 1 atom stereocenters. The Morgan fingerprint density at radius 1 is 1.00 bits per heavy atom. The minimum Gasteiger partial charge on any atom is -0.341 e. The van der Waals surface area contributed by atoms with Crippen molar-refractivity contribution in [3.63, 3.8) is 0 Å². The molecule has 3 aromatic carbocycles. The molecule has 2 amide bonds. The Kier molecular flexibility index (Phi) is 6.22. The van der Waals surface area contributed by atoms with Crippen LogP contribution in [0.25, 0.3) is 16.8 Å². The highest BCUT2D eigenvalue weighted by Crippen LogP contribution is 2.42. The number of rotatable bonds is 5. The Bertz CT molecular complexity index is 1840. The molecule has 0 spiro atoms. The summed E-state index contributed by atoms with van der Waals surface area (Å²) in [4.78, 5) is 30.5. The Balaban J connectivity index is 1.51. The van der Waals surface area contributed by atoms with Gasteiger partial charge in [0, 0.05) is 50.3 Å². The van der Waals surface area contributed by atoms with E-state index < -0.39 is 41.5 Å². The number of anilines is 1. The lowest BCUT2D eigenvalue weighted by atomic mass is 9.93. The van der Waals surface area contributed by atoms with Crippen molar-refractivity contribution in [2.24, 2.45) is 0 Å². The number of carbonyl (C=O) groups excluding carboxylic acids is 2. The van der Waals surface area contributed by atoms with E-state index >= 15 is 0 Å². The number of amides is 2. The number of fused-ring (bicyclic) bond motifs is 2. The molecule has 0 fully saturated rings. The van der Waals surface area contributed by atoms with Crippen LogP contribution in [0.4, 0.5) is 23.2 Å². The molecule has 5 aromatic rings. The van der Waals surface area contributed by atoms with Crippen molar-refractivity contribution >= 4 is 34.7 Å². The largest absolute Gasteiger partial charge is 0.341 e. The fraction of sp³-hybridized carbons (Fsp3) is 0.0714. The van der Waals surface area contributed by atoms with Gasteiger partial charge >= 0.3 is 0 Å². The first-order valence-corrected chi connectivity index (χ1v) is 12.2. The van der Waals surface area contributed by atoms with Gasteiger partial charge < -0.3 is 10.6 Å². The zero-order chi connectivity index (χ0) is 28.1. The lowest BCUT2D eigenvalue weighted by Crippen LogP contribution is -2.21. The summed E-state index contributed by atoms with van der Waals surface area (Å²) in [6.07, 6.45) is 0.0501. The Labute approximate surface area is 228 Å². The summed E-state index contributed by atoms with van der Waals surface area (Å²) < 4.78 is 56.3. The van der Waals surface area contributed by atoms with Crippen molar-refractivity contribution in [3.05, 3.63) is 118 Å². The molecule has 200 valence electrons. The van der Waals surface area contributed by atoms with Crippen LogP contribution in [0.5, 0.6) is 0 Å². The van der Waals surface area contributed by atoms with Crippen LogP contribution >= 0.6 is 11.6 Å². The van der Waals surface area contributed by atoms with Gasteiger partial charge in [0.2, 0.25) is 0 Å². The van der Waals surface area contributed by atoms with Gasteiger partial charge in [-0.05, 0) is 66.2 Å². The fourth-order valence-electron chi connectivity index (χ4n) is 4.72. The van der Waals surface area contributed by atoms with E-state index in [-0.39, 0.29) is 33.0 Å². The SMILES string of the molecule is O=C(Nc1cc(-c2ccc3ncnn3c2)cc2c1[C@@H](c1cc(F)ccc1Cl)NC2=O)c1cc(F)cc(C(F)F)c1. The molecule has 2 aromatic heterocycles. The predicted molar refractivity (Wildman–Crippen MR) is 138 cm³/mol. The van der Waals surface area contributed by atoms with Crippen LogP contribution in [-0.2, 0) is 0 Å². The zero-order valence-corrected chi connectivity index (χ0v) is 20.9. The first-order valence-electron chi connectivity index (χ1n) is 11.8. The topological polar surface area (TPSA) is 88.4 Å². The smallest absolute Gasteiger partial charge is 0.263 e. The van der Waals surface area contributed by atoms with E-state index in [0.29, 0.717) is 22.8 Å². The average molecular weight is 566 g/mol. The van der Waals surface area contributed by atoms with Crippen LogP contribution in [0.2, 0.25) is 5.02 Å². The number of aromatic nitrogens is 3. The van der Waals surface area contributed by atoms with Crippen LogP contribution in [0.1, 0.15) is 49.9 Å². The fourth-order valence-corrected chi connectivity index (χ4v) is 4.95. The molecule has 0 bridgehead atoms. The summed E-state index contributed by atoms with van der Waals surface area (Å²) >= 11 is 6.35. The summed E-state index contributed by atoms with van der Waals surface area (Å²) in [6, 6.07) is 11.7. The van der Waals surface area contributed by atoms with Crippen LogP contribution < -0.4 is 10.6 Å². The molecular formula is C28H16ClF4N5O2. The Morgan fingerprint density at radius 3 is 2.62 bits per heavy atom. The second-order valence-electron chi connectivity index (χ2n) is 9.07. The van der Waals surface area contributed by atoms with E-state index in [1.54, 1.807) is 30.5 Å².